The Bertz CT molecular complexity index is 1250. The van der Waals surface area contributed by atoms with Crippen molar-refractivity contribution in [1.82, 2.24) is 15.0 Å². The second-order valence-corrected chi connectivity index (χ2v) is 8.19. The first-order chi connectivity index (χ1) is 14.0. The van der Waals surface area contributed by atoms with Crippen LogP contribution in [-0.2, 0) is 16.6 Å². The molecule has 0 unspecified atom stereocenters. The highest BCUT2D eigenvalue weighted by Gasteiger charge is 2.20. The van der Waals surface area contributed by atoms with E-state index in [1.165, 1.54) is 24.3 Å². The number of benzene rings is 2. The van der Waals surface area contributed by atoms with Crippen LogP contribution in [0.1, 0.15) is 5.56 Å². The van der Waals surface area contributed by atoms with Gasteiger partial charge in [0.1, 0.15) is 6.61 Å². The molecule has 0 saturated heterocycles. The molecule has 2 heterocycles. The van der Waals surface area contributed by atoms with E-state index in [1.807, 2.05) is 12.1 Å². The summed E-state index contributed by atoms with van der Waals surface area (Å²) in [5.41, 5.74) is 1.94. The number of halogens is 1. The number of nitrogens with zero attached hydrogens (tertiary/aromatic N) is 3. The highest BCUT2D eigenvalue weighted by Crippen LogP contribution is 2.27. The number of pyridine rings is 1. The van der Waals surface area contributed by atoms with Gasteiger partial charge in [-0.2, -0.15) is 0 Å². The number of aromatic nitrogens is 3. The molecule has 0 amide bonds. The lowest BCUT2D eigenvalue weighted by atomic mass is 10.3. The van der Waals surface area contributed by atoms with E-state index < -0.39 is 10.0 Å². The molecule has 0 aliphatic carbocycles. The SMILES string of the molecule is O=S(=O)(Nc1nc2ccccc2nc1OCc1cccnc1)c1ccc(Cl)cc1. The largest absolute Gasteiger partial charge is 0.470 e. The van der Waals surface area contributed by atoms with Crippen LogP contribution in [0.5, 0.6) is 5.88 Å². The van der Waals surface area contributed by atoms with Gasteiger partial charge in [-0.1, -0.05) is 29.8 Å². The predicted octanol–water partition coefficient (Wildman–Crippen LogP) is 4.06. The van der Waals surface area contributed by atoms with E-state index in [2.05, 4.69) is 19.7 Å². The predicted molar refractivity (Wildman–Crippen MR) is 110 cm³/mol. The van der Waals surface area contributed by atoms with Gasteiger partial charge >= 0.3 is 0 Å². The molecule has 0 saturated carbocycles. The molecule has 0 aliphatic rings. The van der Waals surface area contributed by atoms with Gasteiger partial charge < -0.3 is 4.74 Å². The van der Waals surface area contributed by atoms with Gasteiger partial charge in [-0.15, -0.1) is 0 Å². The summed E-state index contributed by atoms with van der Waals surface area (Å²) in [4.78, 5) is 12.9. The summed E-state index contributed by atoms with van der Waals surface area (Å²) in [7, 11) is -3.91. The van der Waals surface area contributed by atoms with Crippen molar-refractivity contribution in [2.45, 2.75) is 11.5 Å². The second-order valence-electron chi connectivity index (χ2n) is 6.08. The van der Waals surface area contributed by atoms with E-state index in [0.29, 0.717) is 16.1 Å². The molecule has 29 heavy (non-hydrogen) atoms. The van der Waals surface area contributed by atoms with Crippen molar-refractivity contribution in [3.8, 4) is 5.88 Å². The molecule has 4 rings (SSSR count). The summed E-state index contributed by atoms with van der Waals surface area (Å²) in [6, 6.07) is 16.6. The maximum absolute atomic E-state index is 12.8. The van der Waals surface area contributed by atoms with Crippen molar-refractivity contribution >= 4 is 38.5 Å². The van der Waals surface area contributed by atoms with E-state index in [4.69, 9.17) is 16.3 Å². The van der Waals surface area contributed by atoms with Gasteiger partial charge in [-0.25, -0.2) is 18.4 Å². The van der Waals surface area contributed by atoms with Crippen molar-refractivity contribution in [1.29, 1.82) is 0 Å². The molecule has 2 aromatic carbocycles. The quantitative estimate of drug-likeness (QED) is 0.499. The van der Waals surface area contributed by atoms with Crippen LogP contribution in [0.2, 0.25) is 5.02 Å². The van der Waals surface area contributed by atoms with Crippen LogP contribution < -0.4 is 9.46 Å². The average molecular weight is 427 g/mol. The van der Waals surface area contributed by atoms with E-state index in [-0.39, 0.29) is 23.2 Å². The Kier molecular flexibility index (Phi) is 5.28. The Morgan fingerprint density at radius 3 is 2.34 bits per heavy atom. The third-order valence-corrected chi connectivity index (χ3v) is 5.60. The monoisotopic (exact) mass is 426 g/mol. The summed E-state index contributed by atoms with van der Waals surface area (Å²) in [6.07, 6.45) is 3.32. The van der Waals surface area contributed by atoms with Crippen LogP contribution in [0.15, 0.2) is 78.0 Å². The number of rotatable bonds is 6. The third-order valence-electron chi connectivity index (χ3n) is 3.99. The fraction of sp³-hybridized carbons (Fsp3) is 0.0500. The van der Waals surface area contributed by atoms with Crippen molar-refractivity contribution in [3.05, 3.63) is 83.6 Å². The molecule has 0 atom stereocenters. The lowest BCUT2D eigenvalue weighted by Gasteiger charge is -2.13. The zero-order valence-corrected chi connectivity index (χ0v) is 16.6. The average Bonchev–Trinajstić information content (AvgIpc) is 2.73. The van der Waals surface area contributed by atoms with Crippen molar-refractivity contribution in [3.63, 3.8) is 0 Å². The highest BCUT2D eigenvalue weighted by molar-refractivity contribution is 7.92. The molecule has 0 aliphatic heterocycles. The zero-order chi connectivity index (χ0) is 20.3. The number of hydrogen-bond donors (Lipinski definition) is 1. The smallest absolute Gasteiger partial charge is 0.263 e. The van der Waals surface area contributed by atoms with Crippen LogP contribution in [0.3, 0.4) is 0 Å². The third kappa shape index (κ3) is 4.44. The van der Waals surface area contributed by atoms with Crippen LogP contribution in [-0.4, -0.2) is 23.4 Å². The molecular formula is C20H15ClN4O3S. The van der Waals surface area contributed by atoms with Crippen LogP contribution in [0.4, 0.5) is 5.82 Å². The molecule has 2 aromatic heterocycles. The number of ether oxygens (including phenoxy) is 1. The Hall–Kier alpha value is -3.23. The fourth-order valence-electron chi connectivity index (χ4n) is 2.59. The van der Waals surface area contributed by atoms with Gasteiger partial charge in [0, 0.05) is 23.0 Å². The first kappa shape index (κ1) is 19.1. The first-order valence-corrected chi connectivity index (χ1v) is 10.4. The molecule has 146 valence electrons. The number of fused-ring (bicyclic) bond motifs is 1. The molecule has 0 bridgehead atoms. The van der Waals surface area contributed by atoms with Crippen LogP contribution >= 0.6 is 11.6 Å². The number of para-hydroxylation sites is 2. The van der Waals surface area contributed by atoms with Crippen LogP contribution in [0.25, 0.3) is 11.0 Å². The number of anilines is 1. The first-order valence-electron chi connectivity index (χ1n) is 8.58. The molecule has 0 spiro atoms. The Balaban J connectivity index is 1.70. The minimum Gasteiger partial charge on any atom is -0.470 e. The minimum atomic E-state index is -3.91. The van der Waals surface area contributed by atoms with Crippen molar-refractivity contribution < 1.29 is 13.2 Å². The van der Waals surface area contributed by atoms with Crippen molar-refractivity contribution in [2.75, 3.05) is 4.72 Å². The van der Waals surface area contributed by atoms with Gasteiger partial charge in [0.2, 0.25) is 5.82 Å². The van der Waals surface area contributed by atoms with E-state index in [1.54, 1.807) is 36.7 Å². The summed E-state index contributed by atoms with van der Waals surface area (Å²) in [6.45, 7) is 0.163. The van der Waals surface area contributed by atoms with Crippen LogP contribution in [0, 0.1) is 0 Å². The topological polar surface area (TPSA) is 94.1 Å². The normalized spacial score (nSPS) is 11.3. The summed E-state index contributed by atoms with van der Waals surface area (Å²) >= 11 is 5.85. The number of sulfonamides is 1. The maximum Gasteiger partial charge on any atom is 0.263 e. The Labute approximate surface area is 172 Å². The molecule has 7 nitrogen and oxygen atoms in total. The maximum atomic E-state index is 12.8. The van der Waals surface area contributed by atoms with Gasteiger partial charge in [-0.3, -0.25) is 9.71 Å². The summed E-state index contributed by atoms with van der Waals surface area (Å²) in [5, 5.41) is 0.440. The van der Waals surface area contributed by atoms with E-state index in [9.17, 15) is 8.42 Å². The fourth-order valence-corrected chi connectivity index (χ4v) is 3.71. The van der Waals surface area contributed by atoms with Gasteiger partial charge in [0.05, 0.1) is 15.9 Å². The minimum absolute atomic E-state index is 0.00235. The van der Waals surface area contributed by atoms with E-state index >= 15 is 0 Å². The molecular weight excluding hydrogens is 412 g/mol. The standard InChI is InChI=1S/C20H15ClN4O3S/c21-15-7-9-16(10-8-15)29(26,27)25-19-20(28-13-14-4-3-11-22-12-14)24-18-6-2-1-5-17(18)23-19/h1-12H,13H2,(H,23,25). The van der Waals surface area contributed by atoms with Gasteiger partial charge in [0.25, 0.3) is 15.9 Å². The lowest BCUT2D eigenvalue weighted by molar-refractivity contribution is 0.295. The lowest BCUT2D eigenvalue weighted by Crippen LogP contribution is -2.15. The summed E-state index contributed by atoms with van der Waals surface area (Å²) in [5.74, 6) is 0.0765. The Morgan fingerprint density at radius 2 is 1.66 bits per heavy atom. The molecule has 4 aromatic rings. The Morgan fingerprint density at radius 1 is 0.931 bits per heavy atom. The number of nitrogens with one attached hydrogen (secondary N) is 1. The van der Waals surface area contributed by atoms with E-state index in [0.717, 1.165) is 5.56 Å². The second kappa shape index (κ2) is 8.02. The van der Waals surface area contributed by atoms with Crippen molar-refractivity contribution in [2.24, 2.45) is 0 Å². The van der Waals surface area contributed by atoms with Gasteiger partial charge in [0.15, 0.2) is 0 Å². The zero-order valence-electron chi connectivity index (χ0n) is 15.0. The summed E-state index contributed by atoms with van der Waals surface area (Å²) < 4.78 is 33.8. The highest BCUT2D eigenvalue weighted by atomic mass is 35.5. The molecule has 1 N–H and O–H groups in total. The molecule has 0 fully saturated rings. The molecule has 0 radical (unpaired) electrons. The molecule has 9 heteroatoms. The van der Waals surface area contributed by atoms with Gasteiger partial charge in [-0.05, 0) is 42.5 Å². The number of hydrogen-bond acceptors (Lipinski definition) is 6.